The molecule has 1 spiro atoms. The number of pyridine rings is 1. The van der Waals surface area contributed by atoms with E-state index in [9.17, 15) is 0 Å². The van der Waals surface area contributed by atoms with Crippen molar-refractivity contribution in [3.8, 4) is 33.4 Å². The predicted octanol–water partition coefficient (Wildman–Crippen LogP) is 9.40. The third-order valence-corrected chi connectivity index (χ3v) is 8.90. The van der Waals surface area contributed by atoms with Crippen LogP contribution in [-0.2, 0) is 5.41 Å². The van der Waals surface area contributed by atoms with Crippen molar-refractivity contribution in [3.63, 3.8) is 0 Å². The first-order valence-electron chi connectivity index (χ1n) is 13.6. The molecule has 0 radical (unpaired) electrons. The van der Waals surface area contributed by atoms with Crippen LogP contribution in [0.5, 0.6) is 0 Å². The number of hydrogen-bond donors (Lipinski definition) is 0. The highest BCUT2D eigenvalue weighted by atomic mass is 14.6. The Bertz CT molecular complexity index is 2090. The number of rotatable bonds is 2. The normalized spacial score (nSPS) is 13.8. The van der Waals surface area contributed by atoms with Gasteiger partial charge in [0.1, 0.15) is 0 Å². The molecule has 0 saturated heterocycles. The van der Waals surface area contributed by atoms with Crippen LogP contribution in [0, 0.1) is 0 Å². The molecule has 0 N–H and O–H groups in total. The molecule has 2 aliphatic rings. The van der Waals surface area contributed by atoms with Crippen molar-refractivity contribution in [2.45, 2.75) is 5.41 Å². The number of aromatic nitrogens is 1. The second-order valence-electron chi connectivity index (χ2n) is 10.7. The predicted molar refractivity (Wildman–Crippen MR) is 161 cm³/mol. The van der Waals surface area contributed by atoms with Crippen LogP contribution in [0.2, 0.25) is 0 Å². The standard InChI is InChI=1S/C38H23N/c1-2-16-32-30(14-1)31-20-19-27(23-35(31)38(32)33-17-5-8-24-9-6-18-34(38)36(24)33)26-11-3-12-28(22-26)29-15-4-10-25-13-7-21-39-37(25)29/h1-23H. The highest BCUT2D eigenvalue weighted by Crippen LogP contribution is 2.63. The van der Waals surface area contributed by atoms with Gasteiger partial charge >= 0.3 is 0 Å². The summed E-state index contributed by atoms with van der Waals surface area (Å²) in [5, 5.41) is 3.91. The summed E-state index contributed by atoms with van der Waals surface area (Å²) < 4.78 is 0. The lowest BCUT2D eigenvalue weighted by molar-refractivity contribution is 0.745. The van der Waals surface area contributed by atoms with Gasteiger partial charge in [-0.15, -0.1) is 0 Å². The monoisotopic (exact) mass is 493 g/mol. The molecule has 2 aliphatic carbocycles. The number of nitrogens with zero attached hydrogens (tertiary/aromatic N) is 1. The number of hydrogen-bond acceptors (Lipinski definition) is 1. The minimum absolute atomic E-state index is 0.213. The molecule has 6 aromatic carbocycles. The molecular weight excluding hydrogens is 470 g/mol. The fourth-order valence-corrected chi connectivity index (χ4v) is 7.29. The van der Waals surface area contributed by atoms with Crippen LogP contribution in [0.3, 0.4) is 0 Å². The molecule has 1 nitrogen and oxygen atoms in total. The summed E-state index contributed by atoms with van der Waals surface area (Å²) in [5.41, 5.74) is 14.0. The largest absolute Gasteiger partial charge is 0.256 e. The Balaban J connectivity index is 1.26. The van der Waals surface area contributed by atoms with Crippen LogP contribution in [-0.4, -0.2) is 4.98 Å². The molecule has 180 valence electrons. The minimum Gasteiger partial charge on any atom is -0.256 e. The lowest BCUT2D eigenvalue weighted by Gasteiger charge is -2.43. The van der Waals surface area contributed by atoms with Crippen LogP contribution in [0.25, 0.3) is 55.1 Å². The Hall–Kier alpha value is -5.01. The molecule has 0 amide bonds. The van der Waals surface area contributed by atoms with Crippen molar-refractivity contribution < 1.29 is 0 Å². The van der Waals surface area contributed by atoms with E-state index in [2.05, 4.69) is 127 Å². The SMILES string of the molecule is c1cc(-c2ccc3c(c2)C2(c4ccccc4-3)c3cccc4cccc2c34)cc(-c2cccc3cccnc23)c1. The summed E-state index contributed by atoms with van der Waals surface area (Å²) in [6.45, 7) is 0. The molecule has 0 aliphatic heterocycles. The number of fused-ring (bicyclic) bond motifs is 8. The van der Waals surface area contributed by atoms with Gasteiger partial charge in [0.25, 0.3) is 0 Å². The lowest BCUT2D eigenvalue weighted by Crippen LogP contribution is -2.36. The lowest BCUT2D eigenvalue weighted by atomic mass is 9.58. The molecule has 1 heterocycles. The summed E-state index contributed by atoms with van der Waals surface area (Å²) >= 11 is 0. The maximum atomic E-state index is 4.71. The Labute approximate surface area is 227 Å². The summed E-state index contributed by atoms with van der Waals surface area (Å²) in [7, 11) is 0. The Kier molecular flexibility index (Phi) is 4.05. The van der Waals surface area contributed by atoms with Crippen molar-refractivity contribution in [1.29, 1.82) is 0 Å². The zero-order chi connectivity index (χ0) is 25.6. The second-order valence-corrected chi connectivity index (χ2v) is 10.7. The van der Waals surface area contributed by atoms with E-state index in [-0.39, 0.29) is 5.41 Å². The van der Waals surface area contributed by atoms with E-state index in [1.807, 2.05) is 12.3 Å². The molecule has 39 heavy (non-hydrogen) atoms. The van der Waals surface area contributed by atoms with Gasteiger partial charge in [-0.05, 0) is 79.0 Å². The van der Waals surface area contributed by atoms with Gasteiger partial charge < -0.3 is 0 Å². The van der Waals surface area contributed by atoms with Crippen molar-refractivity contribution in [1.82, 2.24) is 4.98 Å². The summed E-state index contributed by atoms with van der Waals surface area (Å²) in [5.74, 6) is 0. The first kappa shape index (κ1) is 21.0. The maximum absolute atomic E-state index is 4.71. The molecule has 9 rings (SSSR count). The maximum Gasteiger partial charge on any atom is 0.0780 e. The first-order chi connectivity index (χ1) is 19.3. The van der Waals surface area contributed by atoms with E-state index < -0.39 is 0 Å². The Morgan fingerprint density at radius 2 is 1.05 bits per heavy atom. The molecule has 1 heteroatoms. The fourth-order valence-electron chi connectivity index (χ4n) is 7.29. The van der Waals surface area contributed by atoms with Crippen molar-refractivity contribution in [3.05, 3.63) is 162 Å². The molecule has 0 atom stereocenters. The van der Waals surface area contributed by atoms with Crippen molar-refractivity contribution in [2.24, 2.45) is 0 Å². The van der Waals surface area contributed by atoms with E-state index in [4.69, 9.17) is 4.98 Å². The molecule has 0 fully saturated rings. The highest BCUT2D eigenvalue weighted by molar-refractivity contribution is 6.05. The van der Waals surface area contributed by atoms with Crippen LogP contribution in [0.1, 0.15) is 22.3 Å². The van der Waals surface area contributed by atoms with Gasteiger partial charge in [0.05, 0.1) is 10.9 Å². The summed E-state index contributed by atoms with van der Waals surface area (Å²) in [6.07, 6.45) is 1.88. The summed E-state index contributed by atoms with van der Waals surface area (Å²) in [4.78, 5) is 4.71. The van der Waals surface area contributed by atoms with Crippen LogP contribution < -0.4 is 0 Å². The van der Waals surface area contributed by atoms with Gasteiger partial charge in [-0.2, -0.15) is 0 Å². The topological polar surface area (TPSA) is 12.9 Å². The van der Waals surface area contributed by atoms with Crippen LogP contribution in [0.15, 0.2) is 140 Å². The Morgan fingerprint density at radius 3 is 1.95 bits per heavy atom. The van der Waals surface area contributed by atoms with E-state index >= 15 is 0 Å². The molecule has 0 saturated carbocycles. The quantitative estimate of drug-likeness (QED) is 0.234. The van der Waals surface area contributed by atoms with E-state index in [0.717, 1.165) is 10.9 Å². The van der Waals surface area contributed by atoms with E-state index in [1.165, 1.54) is 66.4 Å². The average molecular weight is 494 g/mol. The summed E-state index contributed by atoms with van der Waals surface area (Å²) in [6, 6.07) is 49.1. The minimum atomic E-state index is -0.213. The van der Waals surface area contributed by atoms with Gasteiger partial charge in [-0.3, -0.25) is 4.98 Å². The van der Waals surface area contributed by atoms with E-state index in [0.29, 0.717) is 0 Å². The third kappa shape index (κ3) is 2.62. The molecule has 1 aromatic heterocycles. The highest BCUT2D eigenvalue weighted by Gasteiger charge is 2.52. The molecular formula is C38H23N. The third-order valence-electron chi connectivity index (χ3n) is 8.90. The second kappa shape index (κ2) is 7.52. The first-order valence-corrected chi connectivity index (χ1v) is 13.6. The molecule has 7 aromatic rings. The van der Waals surface area contributed by atoms with Gasteiger partial charge in [-0.25, -0.2) is 0 Å². The Morgan fingerprint density at radius 1 is 0.410 bits per heavy atom. The zero-order valence-corrected chi connectivity index (χ0v) is 21.2. The van der Waals surface area contributed by atoms with Crippen molar-refractivity contribution >= 4 is 21.7 Å². The number of benzene rings is 6. The van der Waals surface area contributed by atoms with Crippen LogP contribution in [0.4, 0.5) is 0 Å². The van der Waals surface area contributed by atoms with Gasteiger partial charge in [0, 0.05) is 17.1 Å². The van der Waals surface area contributed by atoms with Gasteiger partial charge in [-0.1, -0.05) is 115 Å². The van der Waals surface area contributed by atoms with E-state index in [1.54, 1.807) is 0 Å². The van der Waals surface area contributed by atoms with Crippen molar-refractivity contribution in [2.75, 3.05) is 0 Å². The zero-order valence-electron chi connectivity index (χ0n) is 21.2. The average Bonchev–Trinajstić information content (AvgIpc) is 3.32. The van der Waals surface area contributed by atoms with Gasteiger partial charge in [0.2, 0.25) is 0 Å². The smallest absolute Gasteiger partial charge is 0.0780 e. The number of para-hydroxylation sites is 1. The molecule has 0 bridgehead atoms. The van der Waals surface area contributed by atoms with Gasteiger partial charge in [0.15, 0.2) is 0 Å². The fraction of sp³-hybridized carbons (Fsp3) is 0.0263. The molecule has 0 unspecified atom stereocenters. The van der Waals surface area contributed by atoms with Crippen LogP contribution >= 0.6 is 0 Å².